The van der Waals surface area contributed by atoms with Gasteiger partial charge in [-0.25, -0.2) is 8.78 Å². The van der Waals surface area contributed by atoms with Crippen LogP contribution in [0.1, 0.15) is 32.6 Å². The topological polar surface area (TPSA) is 32.3 Å². The second-order valence-corrected chi connectivity index (χ2v) is 4.75. The van der Waals surface area contributed by atoms with E-state index < -0.39 is 11.8 Å². The van der Waals surface area contributed by atoms with Crippen molar-refractivity contribution in [3.63, 3.8) is 0 Å². The van der Waals surface area contributed by atoms with Gasteiger partial charge in [-0.05, 0) is 25.9 Å². The average molecular weight is 248 g/mol. The molecule has 1 N–H and O–H groups in total. The van der Waals surface area contributed by atoms with Gasteiger partial charge in [0, 0.05) is 19.4 Å². The Labute approximate surface area is 102 Å². The summed E-state index contributed by atoms with van der Waals surface area (Å²) < 4.78 is 27.6. The van der Waals surface area contributed by atoms with Crippen LogP contribution in [0.15, 0.2) is 0 Å². The molecule has 1 atom stereocenters. The lowest BCUT2D eigenvalue weighted by Gasteiger charge is -2.38. The minimum atomic E-state index is -2.74. The highest BCUT2D eigenvalue weighted by molar-refractivity contribution is 5.75. The highest BCUT2D eigenvalue weighted by Crippen LogP contribution is 2.35. The lowest BCUT2D eigenvalue weighted by atomic mass is 9.89. The van der Waals surface area contributed by atoms with Crippen LogP contribution in [0.2, 0.25) is 0 Å². The third-order valence-corrected chi connectivity index (χ3v) is 3.36. The molecule has 0 spiro atoms. The molecule has 100 valence electrons. The van der Waals surface area contributed by atoms with Crippen LogP contribution in [0.25, 0.3) is 0 Å². The van der Waals surface area contributed by atoms with Crippen molar-refractivity contribution in [3.05, 3.63) is 0 Å². The number of unbranched alkanes of at least 4 members (excludes halogenated alkanes) is 1. The summed E-state index contributed by atoms with van der Waals surface area (Å²) in [5.74, 6) is -3.84. The van der Waals surface area contributed by atoms with Gasteiger partial charge in [0.25, 0.3) is 5.92 Å². The molecule has 1 unspecified atom stereocenters. The molecular weight excluding hydrogens is 226 g/mol. The van der Waals surface area contributed by atoms with Gasteiger partial charge in [-0.2, -0.15) is 0 Å². The first-order valence-corrected chi connectivity index (χ1v) is 6.30. The molecule has 1 saturated heterocycles. The van der Waals surface area contributed by atoms with Crippen molar-refractivity contribution >= 4 is 5.91 Å². The van der Waals surface area contributed by atoms with E-state index in [1.807, 2.05) is 4.90 Å². The highest BCUT2D eigenvalue weighted by Gasteiger charge is 2.44. The normalized spacial score (nSPS) is 24.6. The average Bonchev–Trinajstić information content (AvgIpc) is 2.28. The Bertz CT molecular complexity index is 259. The van der Waals surface area contributed by atoms with Gasteiger partial charge in [0.05, 0.1) is 6.54 Å². The molecule has 0 aromatic rings. The number of hydrogen-bond acceptors (Lipinski definition) is 2. The van der Waals surface area contributed by atoms with Gasteiger partial charge in [0.1, 0.15) is 0 Å². The molecule has 1 aliphatic rings. The van der Waals surface area contributed by atoms with Crippen LogP contribution in [0.3, 0.4) is 0 Å². The summed E-state index contributed by atoms with van der Waals surface area (Å²) in [4.78, 5) is 13.0. The Morgan fingerprint density at radius 2 is 2.24 bits per heavy atom. The molecule has 0 radical (unpaired) electrons. The first-order chi connectivity index (χ1) is 7.99. The summed E-state index contributed by atoms with van der Waals surface area (Å²) in [6, 6.07) is 0. The van der Waals surface area contributed by atoms with Crippen molar-refractivity contribution in [1.29, 1.82) is 0 Å². The molecule has 1 rings (SSSR count). The monoisotopic (exact) mass is 248 g/mol. The molecule has 0 aromatic carbocycles. The number of hydrogen-bond donors (Lipinski definition) is 1. The van der Waals surface area contributed by atoms with Crippen molar-refractivity contribution in [3.8, 4) is 0 Å². The van der Waals surface area contributed by atoms with Gasteiger partial charge in [-0.1, -0.05) is 13.3 Å². The Balaban J connectivity index is 2.48. The van der Waals surface area contributed by atoms with Crippen LogP contribution in [0.4, 0.5) is 8.78 Å². The SMILES string of the molecule is CCCCN1CCC(CC(=O)NC)C(F)(F)C1. The number of nitrogens with one attached hydrogen (secondary N) is 1. The first kappa shape index (κ1) is 14.4. The second kappa shape index (κ2) is 6.28. The molecule has 5 heteroatoms. The quantitative estimate of drug-likeness (QED) is 0.805. The molecule has 3 nitrogen and oxygen atoms in total. The number of rotatable bonds is 5. The van der Waals surface area contributed by atoms with Crippen LogP contribution in [-0.4, -0.2) is 43.4 Å². The van der Waals surface area contributed by atoms with Crippen LogP contribution >= 0.6 is 0 Å². The molecule has 0 aromatic heterocycles. The van der Waals surface area contributed by atoms with E-state index in [1.54, 1.807) is 0 Å². The number of carbonyl (C=O) groups is 1. The molecule has 1 amide bonds. The molecule has 0 aliphatic carbocycles. The molecular formula is C12H22F2N2O. The van der Waals surface area contributed by atoms with E-state index in [2.05, 4.69) is 12.2 Å². The van der Waals surface area contributed by atoms with Gasteiger partial charge in [0.2, 0.25) is 5.91 Å². The van der Waals surface area contributed by atoms with Crippen molar-refractivity contribution in [2.75, 3.05) is 26.7 Å². The van der Waals surface area contributed by atoms with E-state index in [0.29, 0.717) is 13.0 Å². The summed E-state index contributed by atoms with van der Waals surface area (Å²) in [7, 11) is 1.48. The zero-order valence-electron chi connectivity index (χ0n) is 10.6. The smallest absolute Gasteiger partial charge is 0.263 e. The number of likely N-dealkylation sites (tertiary alicyclic amines) is 1. The van der Waals surface area contributed by atoms with Gasteiger partial charge < -0.3 is 5.32 Å². The fraction of sp³-hybridized carbons (Fsp3) is 0.917. The highest BCUT2D eigenvalue weighted by atomic mass is 19.3. The number of amides is 1. The zero-order chi connectivity index (χ0) is 12.9. The number of piperidine rings is 1. The van der Waals surface area contributed by atoms with Gasteiger partial charge in [-0.15, -0.1) is 0 Å². The summed E-state index contributed by atoms with van der Waals surface area (Å²) >= 11 is 0. The van der Waals surface area contributed by atoms with Crippen LogP contribution in [-0.2, 0) is 4.79 Å². The Hall–Kier alpha value is -0.710. The predicted molar refractivity (Wildman–Crippen MR) is 63.1 cm³/mol. The molecule has 0 saturated carbocycles. The third-order valence-electron chi connectivity index (χ3n) is 3.36. The summed E-state index contributed by atoms with van der Waals surface area (Å²) in [6.45, 7) is 3.27. The largest absolute Gasteiger partial charge is 0.359 e. The van der Waals surface area contributed by atoms with Crippen LogP contribution in [0, 0.1) is 5.92 Å². The third kappa shape index (κ3) is 4.22. The van der Waals surface area contributed by atoms with E-state index in [1.165, 1.54) is 7.05 Å². The van der Waals surface area contributed by atoms with Crippen molar-refractivity contribution in [2.24, 2.45) is 5.92 Å². The minimum Gasteiger partial charge on any atom is -0.359 e. The minimum absolute atomic E-state index is 0.0644. The van der Waals surface area contributed by atoms with E-state index >= 15 is 0 Å². The number of alkyl halides is 2. The molecule has 1 heterocycles. The van der Waals surface area contributed by atoms with Gasteiger partial charge >= 0.3 is 0 Å². The maximum Gasteiger partial charge on any atom is 0.263 e. The Morgan fingerprint density at radius 1 is 1.53 bits per heavy atom. The molecule has 17 heavy (non-hydrogen) atoms. The summed E-state index contributed by atoms with van der Waals surface area (Å²) in [5, 5.41) is 2.41. The molecule has 0 bridgehead atoms. The van der Waals surface area contributed by atoms with Crippen molar-refractivity contribution in [2.45, 2.75) is 38.5 Å². The second-order valence-electron chi connectivity index (χ2n) is 4.75. The lowest BCUT2D eigenvalue weighted by Crippen LogP contribution is -2.49. The van der Waals surface area contributed by atoms with Crippen molar-refractivity contribution < 1.29 is 13.6 Å². The predicted octanol–water partition coefficient (Wildman–Crippen LogP) is 1.88. The maximum atomic E-state index is 13.8. The van der Waals surface area contributed by atoms with Crippen LogP contribution in [0.5, 0.6) is 0 Å². The zero-order valence-corrected chi connectivity index (χ0v) is 10.6. The van der Waals surface area contributed by atoms with E-state index in [-0.39, 0.29) is 18.9 Å². The standard InChI is InChI=1S/C12H22F2N2O/c1-3-4-6-16-7-5-10(8-11(17)15-2)12(13,14)9-16/h10H,3-9H2,1-2H3,(H,15,17). The Morgan fingerprint density at radius 3 is 2.76 bits per heavy atom. The Kier molecular flexibility index (Phi) is 5.31. The fourth-order valence-corrected chi connectivity index (χ4v) is 2.21. The molecule has 1 aliphatic heterocycles. The number of halogens is 2. The van der Waals surface area contributed by atoms with E-state index in [9.17, 15) is 13.6 Å². The van der Waals surface area contributed by atoms with Gasteiger partial charge in [0.15, 0.2) is 0 Å². The number of carbonyl (C=O) groups excluding carboxylic acids is 1. The van der Waals surface area contributed by atoms with Gasteiger partial charge in [-0.3, -0.25) is 9.69 Å². The number of nitrogens with zero attached hydrogens (tertiary/aromatic N) is 1. The van der Waals surface area contributed by atoms with Crippen LogP contribution < -0.4 is 5.32 Å². The lowest BCUT2D eigenvalue weighted by molar-refractivity contribution is -0.136. The van der Waals surface area contributed by atoms with E-state index in [0.717, 1.165) is 19.4 Å². The first-order valence-electron chi connectivity index (χ1n) is 6.30. The maximum absolute atomic E-state index is 13.8. The van der Waals surface area contributed by atoms with E-state index in [4.69, 9.17) is 0 Å². The fourth-order valence-electron chi connectivity index (χ4n) is 2.21. The summed E-state index contributed by atoms with van der Waals surface area (Å²) in [6.07, 6.45) is 2.31. The van der Waals surface area contributed by atoms with Crippen molar-refractivity contribution in [1.82, 2.24) is 10.2 Å². The molecule has 1 fully saturated rings. The summed E-state index contributed by atoms with van der Waals surface area (Å²) in [5.41, 5.74) is 0.